The van der Waals surface area contributed by atoms with Gasteiger partial charge in [-0.1, -0.05) is 26.0 Å². The Morgan fingerprint density at radius 2 is 1.79 bits per heavy atom. The van der Waals surface area contributed by atoms with Crippen LogP contribution < -0.4 is 15.8 Å². The fourth-order valence-corrected chi connectivity index (χ4v) is 2.10. The highest BCUT2D eigenvalue weighted by Crippen LogP contribution is 2.27. The van der Waals surface area contributed by atoms with E-state index in [2.05, 4.69) is 38.2 Å². The van der Waals surface area contributed by atoms with Gasteiger partial charge in [-0.3, -0.25) is 0 Å². The highest BCUT2D eigenvalue weighted by molar-refractivity contribution is 5.39. The molecule has 0 saturated heterocycles. The van der Waals surface area contributed by atoms with Crippen molar-refractivity contribution in [3.05, 3.63) is 29.3 Å². The van der Waals surface area contributed by atoms with Crippen LogP contribution in [0.25, 0.3) is 0 Å². The molecule has 0 amide bonds. The van der Waals surface area contributed by atoms with Crippen LogP contribution in [-0.2, 0) is 5.41 Å². The molecule has 0 spiro atoms. The highest BCUT2D eigenvalue weighted by Gasteiger charge is 2.22. The first kappa shape index (κ1) is 16.0. The van der Waals surface area contributed by atoms with E-state index < -0.39 is 0 Å². The van der Waals surface area contributed by atoms with Crippen molar-refractivity contribution in [2.75, 3.05) is 20.2 Å². The largest absolute Gasteiger partial charge is 0.496 e. The molecule has 0 aromatic heterocycles. The minimum Gasteiger partial charge on any atom is -0.496 e. The second-order valence-electron chi connectivity index (χ2n) is 6.66. The molecular weight excluding hydrogens is 236 g/mol. The Morgan fingerprint density at radius 3 is 2.26 bits per heavy atom. The van der Waals surface area contributed by atoms with Crippen LogP contribution in [0.4, 0.5) is 0 Å². The fraction of sp³-hybridized carbons (Fsp3) is 0.625. The molecule has 0 heterocycles. The van der Waals surface area contributed by atoms with E-state index in [4.69, 9.17) is 10.5 Å². The summed E-state index contributed by atoms with van der Waals surface area (Å²) in [7, 11) is 1.71. The summed E-state index contributed by atoms with van der Waals surface area (Å²) in [4.78, 5) is 0. The van der Waals surface area contributed by atoms with E-state index in [1.165, 1.54) is 11.1 Å². The Hall–Kier alpha value is -1.06. The van der Waals surface area contributed by atoms with Gasteiger partial charge in [0.25, 0.3) is 0 Å². The molecule has 0 unspecified atom stereocenters. The molecule has 3 nitrogen and oxygen atoms in total. The van der Waals surface area contributed by atoms with E-state index in [9.17, 15) is 0 Å². The van der Waals surface area contributed by atoms with Gasteiger partial charge in [-0.15, -0.1) is 0 Å². The van der Waals surface area contributed by atoms with Crippen LogP contribution in [0.3, 0.4) is 0 Å². The van der Waals surface area contributed by atoms with Gasteiger partial charge in [-0.2, -0.15) is 0 Å². The van der Waals surface area contributed by atoms with Gasteiger partial charge in [-0.25, -0.2) is 0 Å². The van der Waals surface area contributed by atoms with Crippen LogP contribution in [0.5, 0.6) is 5.75 Å². The summed E-state index contributed by atoms with van der Waals surface area (Å²) >= 11 is 0. The van der Waals surface area contributed by atoms with Gasteiger partial charge >= 0.3 is 0 Å². The Morgan fingerprint density at radius 1 is 1.16 bits per heavy atom. The van der Waals surface area contributed by atoms with Crippen LogP contribution >= 0.6 is 0 Å². The summed E-state index contributed by atoms with van der Waals surface area (Å²) in [5.74, 6) is 0.940. The molecule has 19 heavy (non-hydrogen) atoms. The summed E-state index contributed by atoms with van der Waals surface area (Å²) in [5.41, 5.74) is 8.37. The number of hydrogen-bond acceptors (Lipinski definition) is 3. The minimum absolute atomic E-state index is 0.0717. The number of aryl methyl sites for hydroxylation is 1. The predicted molar refractivity (Wildman–Crippen MR) is 81.9 cm³/mol. The number of methoxy groups -OCH3 is 1. The van der Waals surface area contributed by atoms with Crippen LogP contribution in [-0.4, -0.2) is 25.7 Å². The molecule has 108 valence electrons. The maximum absolute atomic E-state index is 5.99. The lowest BCUT2D eigenvalue weighted by molar-refractivity contribution is 0.404. The maximum Gasteiger partial charge on any atom is 0.121 e. The van der Waals surface area contributed by atoms with Gasteiger partial charge < -0.3 is 15.8 Å². The van der Waals surface area contributed by atoms with Crippen molar-refractivity contribution >= 4 is 0 Å². The molecule has 0 fully saturated rings. The first-order valence-electron chi connectivity index (χ1n) is 6.80. The smallest absolute Gasteiger partial charge is 0.121 e. The zero-order valence-electron chi connectivity index (χ0n) is 13.1. The third-order valence-electron chi connectivity index (χ3n) is 3.32. The normalized spacial score (nSPS) is 12.6. The molecule has 0 saturated carbocycles. The first-order valence-corrected chi connectivity index (χ1v) is 6.80. The Labute approximate surface area is 117 Å². The van der Waals surface area contributed by atoms with Gasteiger partial charge in [-0.05, 0) is 38.0 Å². The van der Waals surface area contributed by atoms with Crippen LogP contribution in [0.1, 0.15) is 38.8 Å². The SMILES string of the molecule is COc1ccc(C(C)(C)CNCC(C)(C)N)cc1C. The molecule has 0 aliphatic heterocycles. The molecule has 0 aliphatic carbocycles. The highest BCUT2D eigenvalue weighted by atomic mass is 16.5. The second-order valence-corrected chi connectivity index (χ2v) is 6.66. The number of nitrogens with one attached hydrogen (secondary N) is 1. The van der Waals surface area contributed by atoms with Crippen molar-refractivity contribution < 1.29 is 4.74 Å². The van der Waals surface area contributed by atoms with Crippen molar-refractivity contribution in [1.82, 2.24) is 5.32 Å². The zero-order chi connectivity index (χ0) is 14.7. The van der Waals surface area contributed by atoms with E-state index in [1.807, 2.05) is 19.9 Å². The van der Waals surface area contributed by atoms with E-state index >= 15 is 0 Å². The summed E-state index contributed by atoms with van der Waals surface area (Å²) in [6.45, 7) is 12.3. The Balaban J connectivity index is 2.74. The van der Waals surface area contributed by atoms with E-state index in [0.717, 1.165) is 18.8 Å². The topological polar surface area (TPSA) is 47.3 Å². The summed E-state index contributed by atoms with van der Waals surface area (Å²) in [6, 6.07) is 6.38. The van der Waals surface area contributed by atoms with Crippen molar-refractivity contribution in [2.24, 2.45) is 5.73 Å². The van der Waals surface area contributed by atoms with Gasteiger partial charge in [0.2, 0.25) is 0 Å². The molecule has 0 aliphatic rings. The lowest BCUT2D eigenvalue weighted by Gasteiger charge is -2.29. The number of hydrogen-bond donors (Lipinski definition) is 2. The molecule has 1 rings (SSSR count). The van der Waals surface area contributed by atoms with E-state index in [0.29, 0.717) is 0 Å². The second kappa shape index (κ2) is 5.93. The molecule has 3 heteroatoms. The molecule has 1 aromatic carbocycles. The van der Waals surface area contributed by atoms with Gasteiger partial charge in [0, 0.05) is 24.0 Å². The summed E-state index contributed by atoms with van der Waals surface area (Å²) < 4.78 is 5.31. The molecular formula is C16H28N2O. The Kier molecular flexibility index (Phi) is 4.99. The molecule has 1 aromatic rings. The third kappa shape index (κ3) is 4.84. The van der Waals surface area contributed by atoms with Crippen LogP contribution in [0.2, 0.25) is 0 Å². The average Bonchev–Trinajstić information content (AvgIpc) is 2.26. The molecule has 0 radical (unpaired) electrons. The van der Waals surface area contributed by atoms with Crippen LogP contribution in [0.15, 0.2) is 18.2 Å². The zero-order valence-corrected chi connectivity index (χ0v) is 13.1. The van der Waals surface area contributed by atoms with E-state index in [-0.39, 0.29) is 11.0 Å². The third-order valence-corrected chi connectivity index (χ3v) is 3.32. The summed E-state index contributed by atoms with van der Waals surface area (Å²) in [5, 5.41) is 3.46. The first-order chi connectivity index (χ1) is 8.65. The van der Waals surface area contributed by atoms with Crippen LogP contribution in [0, 0.1) is 6.92 Å². The van der Waals surface area contributed by atoms with Gasteiger partial charge in [0.05, 0.1) is 7.11 Å². The lowest BCUT2D eigenvalue weighted by atomic mass is 9.83. The minimum atomic E-state index is -0.175. The van der Waals surface area contributed by atoms with Crippen molar-refractivity contribution in [2.45, 2.75) is 45.6 Å². The quantitative estimate of drug-likeness (QED) is 0.830. The van der Waals surface area contributed by atoms with E-state index in [1.54, 1.807) is 7.11 Å². The van der Waals surface area contributed by atoms with Crippen molar-refractivity contribution in [3.63, 3.8) is 0 Å². The van der Waals surface area contributed by atoms with Gasteiger partial charge in [0.15, 0.2) is 0 Å². The molecule has 3 N–H and O–H groups in total. The van der Waals surface area contributed by atoms with Gasteiger partial charge in [0.1, 0.15) is 5.75 Å². The lowest BCUT2D eigenvalue weighted by Crippen LogP contribution is -2.46. The number of rotatable bonds is 6. The monoisotopic (exact) mass is 264 g/mol. The molecule has 0 atom stereocenters. The summed E-state index contributed by atoms with van der Waals surface area (Å²) in [6.07, 6.45) is 0. The van der Waals surface area contributed by atoms with Crippen molar-refractivity contribution in [3.8, 4) is 5.75 Å². The number of ether oxygens (including phenoxy) is 1. The Bertz CT molecular complexity index is 419. The number of benzene rings is 1. The standard InChI is InChI=1S/C16H28N2O/c1-12-9-13(7-8-14(12)19-6)15(2,3)10-18-11-16(4,5)17/h7-9,18H,10-11,17H2,1-6H3. The van der Waals surface area contributed by atoms with Crippen molar-refractivity contribution in [1.29, 1.82) is 0 Å². The average molecular weight is 264 g/mol. The number of nitrogens with two attached hydrogens (primary N) is 1. The fourth-order valence-electron chi connectivity index (χ4n) is 2.10. The maximum atomic E-state index is 5.99. The molecule has 0 bridgehead atoms. The predicted octanol–water partition coefficient (Wildman–Crippen LogP) is 2.61.